The van der Waals surface area contributed by atoms with E-state index in [4.69, 9.17) is 28.9 Å². The highest BCUT2D eigenvalue weighted by Gasteiger charge is 2.24. The highest BCUT2D eigenvalue weighted by Crippen LogP contribution is 2.31. The fraction of sp³-hybridized carbons (Fsp3) is 0.538. The smallest absolute Gasteiger partial charge is 0.0819 e. The molecule has 96 valence electrons. The van der Waals surface area contributed by atoms with Crippen molar-refractivity contribution in [3.63, 3.8) is 0 Å². The van der Waals surface area contributed by atoms with Gasteiger partial charge in [0.2, 0.25) is 0 Å². The summed E-state index contributed by atoms with van der Waals surface area (Å²) < 4.78 is 0. The van der Waals surface area contributed by atoms with Crippen molar-refractivity contribution in [2.75, 3.05) is 0 Å². The lowest BCUT2D eigenvalue weighted by molar-refractivity contribution is 0.133. The van der Waals surface area contributed by atoms with Crippen LogP contribution in [0.15, 0.2) is 18.2 Å². The van der Waals surface area contributed by atoms with Crippen molar-refractivity contribution in [1.29, 1.82) is 0 Å². The summed E-state index contributed by atoms with van der Waals surface area (Å²) in [6.45, 7) is 6.15. The van der Waals surface area contributed by atoms with E-state index in [0.29, 0.717) is 22.0 Å². The monoisotopic (exact) mass is 275 g/mol. The van der Waals surface area contributed by atoms with Gasteiger partial charge in [0.1, 0.15) is 0 Å². The quantitative estimate of drug-likeness (QED) is 0.882. The number of nitrogens with two attached hydrogens (primary N) is 1. The second-order valence-electron chi connectivity index (χ2n) is 5.39. The van der Waals surface area contributed by atoms with Crippen LogP contribution in [0.1, 0.15) is 38.9 Å². The van der Waals surface area contributed by atoms with E-state index in [0.717, 1.165) is 0 Å². The van der Waals surface area contributed by atoms with Gasteiger partial charge in [-0.15, -0.1) is 0 Å². The van der Waals surface area contributed by atoms with Gasteiger partial charge in [0.25, 0.3) is 0 Å². The third-order valence-corrected chi connectivity index (χ3v) is 3.47. The highest BCUT2D eigenvalue weighted by molar-refractivity contribution is 6.35. The van der Waals surface area contributed by atoms with E-state index in [2.05, 4.69) is 0 Å². The van der Waals surface area contributed by atoms with Crippen LogP contribution in [-0.2, 0) is 0 Å². The van der Waals surface area contributed by atoms with Crippen LogP contribution in [0, 0.1) is 5.41 Å². The predicted molar refractivity (Wildman–Crippen MR) is 73.5 cm³/mol. The fourth-order valence-corrected chi connectivity index (χ4v) is 2.03. The molecule has 0 radical (unpaired) electrons. The Hall–Kier alpha value is -0.280. The topological polar surface area (TPSA) is 46.2 Å². The Balaban J connectivity index is 2.80. The van der Waals surface area contributed by atoms with Gasteiger partial charge in [0, 0.05) is 16.1 Å². The van der Waals surface area contributed by atoms with E-state index in [1.807, 2.05) is 20.8 Å². The Morgan fingerprint density at radius 1 is 1.29 bits per heavy atom. The molecule has 0 fully saturated rings. The van der Waals surface area contributed by atoms with Crippen molar-refractivity contribution in [1.82, 2.24) is 0 Å². The average molecular weight is 276 g/mol. The number of benzene rings is 1. The zero-order valence-electron chi connectivity index (χ0n) is 10.4. The van der Waals surface area contributed by atoms with Crippen LogP contribution in [0.25, 0.3) is 0 Å². The normalized spacial score (nSPS) is 15.7. The summed E-state index contributed by atoms with van der Waals surface area (Å²) in [6, 6.07) is 4.99. The van der Waals surface area contributed by atoms with Gasteiger partial charge in [0.15, 0.2) is 0 Å². The predicted octanol–water partition coefficient (Wildman–Crippen LogP) is 3.79. The maximum Gasteiger partial charge on any atom is 0.0819 e. The first kappa shape index (κ1) is 14.8. The number of aliphatic hydroxyl groups is 1. The molecule has 1 aromatic carbocycles. The molecule has 0 unspecified atom stereocenters. The molecular weight excluding hydrogens is 257 g/mol. The van der Waals surface area contributed by atoms with Crippen molar-refractivity contribution in [3.8, 4) is 0 Å². The Labute approximate surface area is 113 Å². The molecule has 0 saturated carbocycles. The maximum atomic E-state index is 10.1. The molecule has 0 bridgehead atoms. The standard InChI is InChI=1S/C13H19Cl2NO/c1-13(2,3)12(16)7-11(17)9-5-4-8(14)6-10(9)15/h4-6,11-12,17H,7,16H2,1-3H3/t11-,12+/m1/s1. The van der Waals surface area contributed by atoms with Crippen molar-refractivity contribution < 1.29 is 5.11 Å². The number of rotatable bonds is 3. The third kappa shape index (κ3) is 4.14. The minimum atomic E-state index is -0.658. The molecule has 0 aliphatic heterocycles. The summed E-state index contributed by atoms with van der Waals surface area (Å²) in [5, 5.41) is 11.2. The molecule has 0 heterocycles. The van der Waals surface area contributed by atoms with E-state index < -0.39 is 6.10 Å². The van der Waals surface area contributed by atoms with E-state index in [1.54, 1.807) is 18.2 Å². The molecule has 0 spiro atoms. The second kappa shape index (κ2) is 5.57. The molecule has 1 rings (SSSR count). The summed E-state index contributed by atoms with van der Waals surface area (Å²) >= 11 is 11.8. The van der Waals surface area contributed by atoms with Crippen molar-refractivity contribution in [2.45, 2.75) is 39.3 Å². The van der Waals surface area contributed by atoms with Gasteiger partial charge >= 0.3 is 0 Å². The molecular formula is C13H19Cl2NO. The molecule has 2 atom stereocenters. The van der Waals surface area contributed by atoms with Gasteiger partial charge in [-0.2, -0.15) is 0 Å². The molecule has 0 aliphatic rings. The van der Waals surface area contributed by atoms with Crippen LogP contribution < -0.4 is 5.73 Å². The van der Waals surface area contributed by atoms with Crippen LogP contribution >= 0.6 is 23.2 Å². The SMILES string of the molecule is CC(C)(C)[C@@H](N)C[C@@H](O)c1ccc(Cl)cc1Cl. The molecule has 3 N–H and O–H groups in total. The van der Waals surface area contributed by atoms with Crippen LogP contribution in [0.2, 0.25) is 10.0 Å². The van der Waals surface area contributed by atoms with Gasteiger partial charge in [-0.25, -0.2) is 0 Å². The Morgan fingerprint density at radius 3 is 2.35 bits per heavy atom. The second-order valence-corrected chi connectivity index (χ2v) is 6.23. The number of aliphatic hydroxyl groups excluding tert-OH is 1. The Bertz CT molecular complexity index is 387. The van der Waals surface area contributed by atoms with E-state index in [-0.39, 0.29) is 11.5 Å². The van der Waals surface area contributed by atoms with E-state index in [9.17, 15) is 5.11 Å². The van der Waals surface area contributed by atoms with Crippen molar-refractivity contribution >= 4 is 23.2 Å². The minimum Gasteiger partial charge on any atom is -0.388 e. The average Bonchev–Trinajstić information content (AvgIpc) is 2.15. The zero-order chi connectivity index (χ0) is 13.2. The lowest BCUT2D eigenvalue weighted by Crippen LogP contribution is -2.36. The summed E-state index contributed by atoms with van der Waals surface area (Å²) in [6.07, 6.45) is -0.181. The molecule has 0 saturated heterocycles. The van der Waals surface area contributed by atoms with Gasteiger partial charge in [-0.05, 0) is 29.5 Å². The molecule has 0 aromatic heterocycles. The first-order valence-corrected chi connectivity index (χ1v) is 6.36. The van der Waals surface area contributed by atoms with E-state index in [1.165, 1.54) is 0 Å². The van der Waals surface area contributed by atoms with Gasteiger partial charge < -0.3 is 10.8 Å². The first-order chi connectivity index (χ1) is 7.71. The van der Waals surface area contributed by atoms with Gasteiger partial charge in [0.05, 0.1) is 6.10 Å². The number of hydrogen-bond donors (Lipinski definition) is 2. The van der Waals surface area contributed by atoms with Gasteiger partial charge in [-0.3, -0.25) is 0 Å². The van der Waals surface area contributed by atoms with E-state index >= 15 is 0 Å². The Morgan fingerprint density at radius 2 is 1.88 bits per heavy atom. The number of hydrogen-bond acceptors (Lipinski definition) is 2. The lowest BCUT2D eigenvalue weighted by Gasteiger charge is -2.29. The molecule has 0 amide bonds. The number of halogens is 2. The summed E-state index contributed by atoms with van der Waals surface area (Å²) in [4.78, 5) is 0. The van der Waals surface area contributed by atoms with Crippen LogP contribution in [-0.4, -0.2) is 11.1 Å². The maximum absolute atomic E-state index is 10.1. The minimum absolute atomic E-state index is 0.0418. The Kier molecular flexibility index (Phi) is 4.85. The van der Waals surface area contributed by atoms with Crippen molar-refractivity contribution in [2.24, 2.45) is 11.1 Å². The van der Waals surface area contributed by atoms with Crippen LogP contribution in [0.5, 0.6) is 0 Å². The summed E-state index contributed by atoms with van der Waals surface area (Å²) in [5.41, 5.74) is 6.67. The molecule has 1 aromatic rings. The molecule has 2 nitrogen and oxygen atoms in total. The molecule has 4 heteroatoms. The summed E-state index contributed by atoms with van der Waals surface area (Å²) in [7, 11) is 0. The highest BCUT2D eigenvalue weighted by atomic mass is 35.5. The zero-order valence-corrected chi connectivity index (χ0v) is 11.9. The largest absolute Gasteiger partial charge is 0.388 e. The van der Waals surface area contributed by atoms with Crippen molar-refractivity contribution in [3.05, 3.63) is 33.8 Å². The lowest BCUT2D eigenvalue weighted by atomic mass is 9.83. The third-order valence-electron chi connectivity index (χ3n) is 2.91. The molecule has 0 aliphatic carbocycles. The van der Waals surface area contributed by atoms with Crippen LogP contribution in [0.3, 0.4) is 0 Å². The summed E-state index contributed by atoms with van der Waals surface area (Å²) in [5.74, 6) is 0. The molecule has 17 heavy (non-hydrogen) atoms. The van der Waals surface area contributed by atoms with Gasteiger partial charge in [-0.1, -0.05) is 50.0 Å². The first-order valence-electron chi connectivity index (χ1n) is 5.60. The fourth-order valence-electron chi connectivity index (χ4n) is 1.49. The van der Waals surface area contributed by atoms with Crippen LogP contribution in [0.4, 0.5) is 0 Å².